The predicted molar refractivity (Wildman–Crippen MR) is 103 cm³/mol. The molecule has 1 aromatic heterocycles. The zero-order valence-electron chi connectivity index (χ0n) is 15.0. The van der Waals surface area contributed by atoms with E-state index >= 15 is 0 Å². The zero-order chi connectivity index (χ0) is 18.3. The Morgan fingerprint density at radius 1 is 1.08 bits per heavy atom. The molecule has 1 N–H and O–H groups in total. The van der Waals surface area contributed by atoms with Gasteiger partial charge in [-0.15, -0.1) is 0 Å². The summed E-state index contributed by atoms with van der Waals surface area (Å²) >= 11 is 4.92. The van der Waals surface area contributed by atoms with Crippen LogP contribution in [-0.2, 0) is 16.1 Å². The average Bonchev–Trinajstić information content (AvgIpc) is 2.60. The maximum absolute atomic E-state index is 11.6. The first-order valence-electron chi connectivity index (χ1n) is 9.22. The summed E-state index contributed by atoms with van der Waals surface area (Å²) in [6.45, 7) is 4.62. The first-order valence-corrected chi connectivity index (χ1v) is 9.63. The van der Waals surface area contributed by atoms with Crippen molar-refractivity contribution >= 4 is 18.2 Å². The first kappa shape index (κ1) is 21.4. The van der Waals surface area contributed by atoms with E-state index in [1.165, 1.54) is 44.6 Å². The Labute approximate surface area is 155 Å². The van der Waals surface area contributed by atoms with Crippen molar-refractivity contribution < 1.29 is 9.53 Å². The molecule has 25 heavy (non-hydrogen) atoms. The molecule has 1 heterocycles. The maximum Gasteiger partial charge on any atom is 0.330 e. The summed E-state index contributed by atoms with van der Waals surface area (Å²) in [4.78, 5) is 25.1. The van der Waals surface area contributed by atoms with Crippen LogP contribution in [0.15, 0.2) is 29.7 Å². The van der Waals surface area contributed by atoms with Crippen molar-refractivity contribution in [3.05, 3.63) is 40.0 Å². The number of aromatic amines is 1. The number of H-pyrrole nitrogens is 1. The Bertz CT molecular complexity index is 622. The molecule has 0 aliphatic carbocycles. The van der Waals surface area contributed by atoms with Gasteiger partial charge in [0.2, 0.25) is 0 Å². The van der Waals surface area contributed by atoms with Crippen molar-refractivity contribution in [1.29, 1.82) is 0 Å². The molecule has 0 saturated heterocycles. The smallest absolute Gasteiger partial charge is 0.330 e. The second-order valence-electron chi connectivity index (χ2n) is 6.21. The SMILES string of the molecule is C=CC(=O)OCCCCCCCCCCCCn1ccc(=S)[nH]c1=O. The largest absolute Gasteiger partial charge is 0.463 e. The number of hydrogen-bond donors (Lipinski definition) is 1. The number of aromatic nitrogens is 2. The highest BCUT2D eigenvalue weighted by Gasteiger charge is 1.97. The van der Waals surface area contributed by atoms with E-state index in [0.29, 0.717) is 11.2 Å². The molecule has 1 rings (SSSR count). The van der Waals surface area contributed by atoms with E-state index in [2.05, 4.69) is 11.6 Å². The fourth-order valence-corrected chi connectivity index (χ4v) is 2.80. The van der Waals surface area contributed by atoms with Gasteiger partial charge in [0.1, 0.15) is 4.64 Å². The summed E-state index contributed by atoms with van der Waals surface area (Å²) in [5.74, 6) is -0.333. The van der Waals surface area contributed by atoms with E-state index in [1.54, 1.807) is 16.8 Å². The summed E-state index contributed by atoms with van der Waals surface area (Å²) in [7, 11) is 0. The van der Waals surface area contributed by atoms with E-state index in [1.807, 2.05) is 0 Å². The minimum Gasteiger partial charge on any atom is -0.463 e. The Morgan fingerprint density at radius 3 is 2.20 bits per heavy atom. The Balaban J connectivity index is 1.87. The molecule has 0 amide bonds. The summed E-state index contributed by atoms with van der Waals surface area (Å²) in [5, 5.41) is 0. The molecular formula is C19H30N2O3S. The van der Waals surface area contributed by atoms with E-state index in [4.69, 9.17) is 17.0 Å². The fourth-order valence-electron chi connectivity index (χ4n) is 2.65. The van der Waals surface area contributed by atoms with Crippen LogP contribution < -0.4 is 5.69 Å². The molecule has 0 bridgehead atoms. The molecule has 0 radical (unpaired) electrons. The van der Waals surface area contributed by atoms with E-state index in [-0.39, 0.29) is 11.7 Å². The molecule has 6 heteroatoms. The monoisotopic (exact) mass is 366 g/mol. The number of nitrogens with zero attached hydrogens (tertiary/aromatic N) is 1. The van der Waals surface area contributed by atoms with Crippen LogP contribution >= 0.6 is 12.2 Å². The lowest BCUT2D eigenvalue weighted by Gasteiger charge is -2.05. The van der Waals surface area contributed by atoms with Gasteiger partial charge in [-0.05, 0) is 18.9 Å². The van der Waals surface area contributed by atoms with Crippen molar-refractivity contribution in [2.24, 2.45) is 0 Å². The zero-order valence-corrected chi connectivity index (χ0v) is 15.8. The van der Waals surface area contributed by atoms with Gasteiger partial charge in [0.25, 0.3) is 0 Å². The van der Waals surface area contributed by atoms with E-state index < -0.39 is 0 Å². The van der Waals surface area contributed by atoms with Gasteiger partial charge < -0.3 is 9.30 Å². The van der Waals surface area contributed by atoms with Crippen molar-refractivity contribution in [3.63, 3.8) is 0 Å². The van der Waals surface area contributed by atoms with Crippen LogP contribution in [-0.4, -0.2) is 22.1 Å². The number of carbonyl (C=O) groups excluding carboxylic acids is 1. The third-order valence-electron chi connectivity index (χ3n) is 4.10. The van der Waals surface area contributed by atoms with Crippen LogP contribution in [0, 0.1) is 4.64 Å². The third-order valence-corrected chi connectivity index (χ3v) is 4.34. The van der Waals surface area contributed by atoms with Crippen LogP contribution in [0.4, 0.5) is 0 Å². The van der Waals surface area contributed by atoms with E-state index in [0.717, 1.165) is 32.2 Å². The number of hydrogen-bond acceptors (Lipinski definition) is 4. The van der Waals surface area contributed by atoms with Gasteiger partial charge in [-0.2, -0.15) is 0 Å². The number of ether oxygens (including phenoxy) is 1. The fraction of sp³-hybridized carbons (Fsp3) is 0.632. The number of unbranched alkanes of at least 4 members (excludes halogenated alkanes) is 9. The van der Waals surface area contributed by atoms with Crippen molar-refractivity contribution in [2.75, 3.05) is 6.61 Å². The molecule has 1 aromatic rings. The third kappa shape index (κ3) is 10.7. The molecule has 0 atom stereocenters. The van der Waals surface area contributed by atoms with Gasteiger partial charge in [0.05, 0.1) is 6.61 Å². The van der Waals surface area contributed by atoms with Gasteiger partial charge in [-0.3, -0.25) is 4.98 Å². The molecule has 140 valence electrons. The molecule has 0 aromatic carbocycles. The average molecular weight is 367 g/mol. The molecule has 0 aliphatic rings. The number of esters is 1. The molecule has 5 nitrogen and oxygen atoms in total. The Hall–Kier alpha value is -1.69. The maximum atomic E-state index is 11.6. The highest BCUT2D eigenvalue weighted by atomic mass is 32.1. The van der Waals surface area contributed by atoms with Gasteiger partial charge in [-0.25, -0.2) is 9.59 Å². The van der Waals surface area contributed by atoms with Crippen molar-refractivity contribution in [1.82, 2.24) is 9.55 Å². The Morgan fingerprint density at radius 2 is 1.64 bits per heavy atom. The van der Waals surface area contributed by atoms with Gasteiger partial charge in [0.15, 0.2) is 0 Å². The van der Waals surface area contributed by atoms with Crippen LogP contribution in [0.1, 0.15) is 64.2 Å². The number of nitrogens with one attached hydrogen (secondary N) is 1. The van der Waals surface area contributed by atoms with Gasteiger partial charge >= 0.3 is 11.7 Å². The number of rotatable bonds is 14. The minimum absolute atomic E-state index is 0.119. The topological polar surface area (TPSA) is 64.1 Å². The van der Waals surface area contributed by atoms with Crippen LogP contribution in [0.3, 0.4) is 0 Å². The molecule has 0 spiro atoms. The lowest BCUT2D eigenvalue weighted by atomic mass is 10.1. The first-order chi connectivity index (χ1) is 12.1. The second-order valence-corrected chi connectivity index (χ2v) is 6.65. The Kier molecular flexibility index (Phi) is 11.6. The molecule has 0 saturated carbocycles. The van der Waals surface area contributed by atoms with Crippen LogP contribution in [0.2, 0.25) is 0 Å². The molecule has 0 unspecified atom stereocenters. The van der Waals surface area contributed by atoms with Gasteiger partial charge in [-0.1, -0.05) is 70.2 Å². The number of carbonyl (C=O) groups is 1. The standard InChI is InChI=1S/C19H30N2O3S/c1-2-18(22)24-16-12-10-8-6-4-3-5-7-9-11-14-21-15-13-17(25)20-19(21)23/h2,13,15H,1,3-12,14,16H2,(H,20,23,25). The summed E-state index contributed by atoms with van der Waals surface area (Å²) in [6.07, 6.45) is 14.6. The highest BCUT2D eigenvalue weighted by Crippen LogP contribution is 2.11. The minimum atomic E-state index is -0.333. The lowest BCUT2D eigenvalue weighted by molar-refractivity contribution is -0.137. The predicted octanol–water partition coefficient (Wildman–Crippen LogP) is 4.54. The molecular weight excluding hydrogens is 336 g/mol. The number of aryl methyl sites for hydroxylation is 1. The summed E-state index contributed by atoms with van der Waals surface area (Å²) in [6, 6.07) is 1.75. The lowest BCUT2D eigenvalue weighted by Crippen LogP contribution is -2.22. The highest BCUT2D eigenvalue weighted by molar-refractivity contribution is 7.71. The van der Waals surface area contributed by atoms with Gasteiger partial charge in [0, 0.05) is 18.8 Å². The van der Waals surface area contributed by atoms with Crippen LogP contribution in [0.5, 0.6) is 0 Å². The second kappa shape index (κ2) is 13.6. The van der Waals surface area contributed by atoms with Crippen LogP contribution in [0.25, 0.3) is 0 Å². The van der Waals surface area contributed by atoms with Crippen molar-refractivity contribution in [2.45, 2.75) is 70.8 Å². The van der Waals surface area contributed by atoms with Crippen molar-refractivity contribution in [3.8, 4) is 0 Å². The quantitative estimate of drug-likeness (QED) is 0.227. The summed E-state index contributed by atoms with van der Waals surface area (Å²) in [5.41, 5.74) is -0.119. The summed E-state index contributed by atoms with van der Waals surface area (Å²) < 4.78 is 7.10. The normalized spacial score (nSPS) is 10.6. The molecule has 0 fully saturated rings. The molecule has 0 aliphatic heterocycles. The van der Waals surface area contributed by atoms with E-state index in [9.17, 15) is 9.59 Å².